The Hall–Kier alpha value is -1.92. The number of aromatic nitrogens is 3. The van der Waals surface area contributed by atoms with Crippen molar-refractivity contribution >= 4 is 11.9 Å². The van der Waals surface area contributed by atoms with E-state index in [2.05, 4.69) is 24.0 Å². The Kier molecular flexibility index (Phi) is 3.82. The van der Waals surface area contributed by atoms with Gasteiger partial charge in [-0.3, -0.25) is 4.79 Å². The van der Waals surface area contributed by atoms with Crippen LogP contribution in [0.1, 0.15) is 38.6 Å². The normalized spacial score (nSPS) is 19.1. The van der Waals surface area contributed by atoms with Gasteiger partial charge in [-0.2, -0.15) is 0 Å². The van der Waals surface area contributed by atoms with Crippen molar-refractivity contribution < 1.29 is 14.7 Å². The van der Waals surface area contributed by atoms with Gasteiger partial charge < -0.3 is 14.6 Å². The van der Waals surface area contributed by atoms with Gasteiger partial charge in [0.1, 0.15) is 6.33 Å². The number of rotatable bonds is 3. The van der Waals surface area contributed by atoms with E-state index in [0.29, 0.717) is 18.3 Å². The maximum absolute atomic E-state index is 11.7. The van der Waals surface area contributed by atoms with Crippen molar-refractivity contribution in [1.29, 1.82) is 0 Å². The molecule has 1 aliphatic heterocycles. The summed E-state index contributed by atoms with van der Waals surface area (Å²) in [5, 5.41) is 16.8. The van der Waals surface area contributed by atoms with Crippen LogP contribution in [0, 0.1) is 5.92 Å². The lowest BCUT2D eigenvalue weighted by molar-refractivity contribution is -0.156. The SMILES string of the molecule is CC(C)Cn1cnnc1C1CCCN1C(=O)C(=O)O. The minimum absolute atomic E-state index is 0.273. The molecule has 19 heavy (non-hydrogen) atoms. The van der Waals surface area contributed by atoms with E-state index in [1.165, 1.54) is 4.90 Å². The van der Waals surface area contributed by atoms with Crippen LogP contribution in [0.3, 0.4) is 0 Å². The second-order valence-electron chi connectivity index (χ2n) is 5.20. The highest BCUT2D eigenvalue weighted by Gasteiger charge is 2.36. The number of hydrogen-bond donors (Lipinski definition) is 1. The molecule has 0 bridgehead atoms. The molecule has 1 aromatic heterocycles. The Balaban J connectivity index is 2.23. The van der Waals surface area contributed by atoms with Crippen LogP contribution in [0.2, 0.25) is 0 Å². The van der Waals surface area contributed by atoms with Crippen molar-refractivity contribution in [3.8, 4) is 0 Å². The lowest BCUT2D eigenvalue weighted by atomic mass is 10.2. The van der Waals surface area contributed by atoms with E-state index >= 15 is 0 Å². The van der Waals surface area contributed by atoms with Crippen LogP contribution in [0.4, 0.5) is 0 Å². The number of carboxylic acids is 1. The van der Waals surface area contributed by atoms with Crippen LogP contribution >= 0.6 is 0 Å². The predicted octanol–water partition coefficient (Wildman–Crippen LogP) is 0.682. The van der Waals surface area contributed by atoms with E-state index in [1.54, 1.807) is 6.33 Å². The van der Waals surface area contributed by atoms with Gasteiger partial charge in [-0.15, -0.1) is 10.2 Å². The summed E-state index contributed by atoms with van der Waals surface area (Å²) in [6, 6.07) is -0.273. The number of nitrogens with zero attached hydrogens (tertiary/aromatic N) is 4. The van der Waals surface area contributed by atoms with Crippen molar-refractivity contribution in [3.05, 3.63) is 12.2 Å². The monoisotopic (exact) mass is 266 g/mol. The fourth-order valence-corrected chi connectivity index (χ4v) is 2.46. The van der Waals surface area contributed by atoms with Gasteiger partial charge in [0.2, 0.25) is 0 Å². The number of carbonyl (C=O) groups excluding carboxylic acids is 1. The molecule has 7 heteroatoms. The zero-order valence-corrected chi connectivity index (χ0v) is 11.1. The molecule has 1 fully saturated rings. The minimum atomic E-state index is -1.41. The lowest BCUT2D eigenvalue weighted by Gasteiger charge is -2.23. The van der Waals surface area contributed by atoms with Crippen LogP contribution in [-0.2, 0) is 16.1 Å². The summed E-state index contributed by atoms with van der Waals surface area (Å²) in [4.78, 5) is 23.9. The van der Waals surface area contributed by atoms with E-state index in [-0.39, 0.29) is 6.04 Å². The fourth-order valence-electron chi connectivity index (χ4n) is 2.46. The molecule has 1 saturated heterocycles. The first-order valence-electron chi connectivity index (χ1n) is 6.42. The first kappa shape index (κ1) is 13.5. The summed E-state index contributed by atoms with van der Waals surface area (Å²) in [5.74, 6) is -1.16. The molecule has 1 amide bonds. The van der Waals surface area contributed by atoms with Gasteiger partial charge in [-0.1, -0.05) is 13.8 Å². The van der Waals surface area contributed by atoms with E-state index in [4.69, 9.17) is 5.11 Å². The molecule has 0 saturated carbocycles. The summed E-state index contributed by atoms with van der Waals surface area (Å²) < 4.78 is 1.91. The highest BCUT2D eigenvalue weighted by molar-refractivity contribution is 6.31. The zero-order chi connectivity index (χ0) is 14.0. The van der Waals surface area contributed by atoms with Crippen molar-refractivity contribution in [1.82, 2.24) is 19.7 Å². The minimum Gasteiger partial charge on any atom is -0.474 e. The number of amides is 1. The third kappa shape index (κ3) is 2.74. The summed E-state index contributed by atoms with van der Waals surface area (Å²) in [6.07, 6.45) is 3.16. The van der Waals surface area contributed by atoms with E-state index in [9.17, 15) is 9.59 Å². The number of hydrogen-bond acceptors (Lipinski definition) is 4. The highest BCUT2D eigenvalue weighted by Crippen LogP contribution is 2.30. The number of carboxylic acid groups (broad SMARTS) is 1. The van der Waals surface area contributed by atoms with Crippen molar-refractivity contribution in [2.75, 3.05) is 6.54 Å². The molecule has 1 N–H and O–H groups in total. The smallest absolute Gasteiger partial charge is 0.394 e. The second-order valence-corrected chi connectivity index (χ2v) is 5.20. The molecule has 1 atom stereocenters. The molecule has 1 aliphatic rings. The molecular formula is C12H18N4O3. The van der Waals surface area contributed by atoms with E-state index in [1.807, 2.05) is 4.57 Å². The summed E-state index contributed by atoms with van der Waals surface area (Å²) in [5.41, 5.74) is 0. The molecule has 2 rings (SSSR count). The molecule has 0 aromatic carbocycles. The molecular weight excluding hydrogens is 248 g/mol. The Morgan fingerprint density at radius 2 is 2.26 bits per heavy atom. The Bertz CT molecular complexity index is 483. The first-order chi connectivity index (χ1) is 9.00. The van der Waals surface area contributed by atoms with Gasteiger partial charge in [0.05, 0.1) is 6.04 Å². The molecule has 0 radical (unpaired) electrons. The lowest BCUT2D eigenvalue weighted by Crippen LogP contribution is -2.37. The molecule has 0 spiro atoms. The molecule has 1 aromatic rings. The van der Waals surface area contributed by atoms with E-state index in [0.717, 1.165) is 19.4 Å². The summed E-state index contributed by atoms with van der Waals surface area (Å²) in [6.45, 7) is 5.38. The van der Waals surface area contributed by atoms with Crippen LogP contribution in [0.15, 0.2) is 6.33 Å². The highest BCUT2D eigenvalue weighted by atomic mass is 16.4. The number of carbonyl (C=O) groups is 2. The van der Waals surface area contributed by atoms with Gasteiger partial charge in [0.25, 0.3) is 0 Å². The second kappa shape index (κ2) is 5.38. The molecule has 2 heterocycles. The number of aliphatic carboxylic acids is 1. The van der Waals surface area contributed by atoms with Gasteiger partial charge in [0.15, 0.2) is 5.82 Å². The fraction of sp³-hybridized carbons (Fsp3) is 0.667. The molecule has 1 unspecified atom stereocenters. The van der Waals surface area contributed by atoms with Crippen molar-refractivity contribution in [2.24, 2.45) is 5.92 Å². The third-order valence-electron chi connectivity index (χ3n) is 3.20. The topological polar surface area (TPSA) is 88.3 Å². The zero-order valence-electron chi connectivity index (χ0n) is 11.1. The van der Waals surface area contributed by atoms with Gasteiger partial charge in [-0.05, 0) is 18.8 Å². The summed E-state index contributed by atoms with van der Waals surface area (Å²) in [7, 11) is 0. The molecule has 7 nitrogen and oxygen atoms in total. The maximum atomic E-state index is 11.7. The van der Waals surface area contributed by atoms with E-state index < -0.39 is 11.9 Å². The maximum Gasteiger partial charge on any atom is 0.394 e. The quantitative estimate of drug-likeness (QED) is 0.813. The van der Waals surface area contributed by atoms with Crippen molar-refractivity contribution in [3.63, 3.8) is 0 Å². The van der Waals surface area contributed by atoms with Crippen LogP contribution in [0.25, 0.3) is 0 Å². The predicted molar refractivity (Wildman–Crippen MR) is 66.2 cm³/mol. The molecule has 0 aliphatic carbocycles. The van der Waals surface area contributed by atoms with Gasteiger partial charge >= 0.3 is 11.9 Å². The Morgan fingerprint density at radius 1 is 1.53 bits per heavy atom. The largest absolute Gasteiger partial charge is 0.474 e. The average molecular weight is 266 g/mol. The van der Waals surface area contributed by atoms with Crippen LogP contribution in [-0.4, -0.2) is 43.2 Å². The van der Waals surface area contributed by atoms with Crippen LogP contribution in [0.5, 0.6) is 0 Å². The van der Waals surface area contributed by atoms with Gasteiger partial charge in [0, 0.05) is 13.1 Å². The number of likely N-dealkylation sites (tertiary alicyclic amines) is 1. The van der Waals surface area contributed by atoms with Crippen molar-refractivity contribution in [2.45, 2.75) is 39.3 Å². The Morgan fingerprint density at radius 3 is 2.89 bits per heavy atom. The average Bonchev–Trinajstić information content (AvgIpc) is 2.94. The Labute approximate surface area is 111 Å². The summed E-state index contributed by atoms with van der Waals surface area (Å²) >= 11 is 0. The molecule has 104 valence electrons. The van der Waals surface area contributed by atoms with Gasteiger partial charge in [-0.25, -0.2) is 4.79 Å². The van der Waals surface area contributed by atoms with Crippen LogP contribution < -0.4 is 0 Å². The third-order valence-corrected chi connectivity index (χ3v) is 3.20. The standard InChI is InChI=1S/C12H18N4O3/c1-8(2)6-15-7-13-14-10(15)9-4-3-5-16(9)11(17)12(18)19/h7-9H,3-6H2,1-2H3,(H,18,19). The first-order valence-corrected chi connectivity index (χ1v) is 6.42.